The Kier molecular flexibility index (Phi) is 16.3. The second kappa shape index (κ2) is 20.1. The van der Waals surface area contributed by atoms with E-state index in [2.05, 4.69) is 22.4 Å². The second-order valence-electron chi connectivity index (χ2n) is 13.0. The molecule has 0 aliphatic rings. The van der Waals surface area contributed by atoms with Crippen LogP contribution in [-0.4, -0.2) is 60.3 Å². The lowest BCUT2D eigenvalue weighted by Gasteiger charge is -2.16. The lowest BCUT2D eigenvalue weighted by Crippen LogP contribution is -2.25. The molecule has 0 radical (unpaired) electrons. The monoisotopic (exact) mass is 746 g/mol. The summed E-state index contributed by atoms with van der Waals surface area (Å²) in [4.78, 5) is 58.5. The van der Waals surface area contributed by atoms with E-state index in [4.69, 9.17) is 21.3 Å². The van der Waals surface area contributed by atoms with Crippen LogP contribution in [0.4, 0.5) is 0 Å². The molecule has 0 saturated carbocycles. The molecule has 0 aliphatic carbocycles. The van der Waals surface area contributed by atoms with E-state index in [1.54, 1.807) is 31.2 Å². The van der Waals surface area contributed by atoms with E-state index in [0.717, 1.165) is 45.7 Å². The van der Waals surface area contributed by atoms with E-state index in [-0.39, 0.29) is 29.8 Å². The Labute approximate surface area is 317 Å². The molecular weight excluding hydrogens is 696 g/mol. The van der Waals surface area contributed by atoms with Gasteiger partial charge in [-0.15, -0.1) is 11.3 Å². The highest BCUT2D eigenvalue weighted by Crippen LogP contribution is 2.31. The summed E-state index contributed by atoms with van der Waals surface area (Å²) < 4.78 is 5.01. The predicted octanol–water partition coefficient (Wildman–Crippen LogP) is 9.22. The van der Waals surface area contributed by atoms with Gasteiger partial charge in [-0.05, 0) is 83.6 Å². The number of ether oxygens (including phenoxy) is 1. The number of amides is 1. The van der Waals surface area contributed by atoms with Crippen molar-refractivity contribution in [1.29, 1.82) is 0 Å². The van der Waals surface area contributed by atoms with Crippen molar-refractivity contribution in [3.63, 3.8) is 0 Å². The Bertz CT molecular complexity index is 1860. The first kappa shape index (κ1) is 42.1. The summed E-state index contributed by atoms with van der Waals surface area (Å²) in [7, 11) is 1.34. The van der Waals surface area contributed by atoms with Crippen LogP contribution in [0.1, 0.15) is 131 Å². The average Bonchev–Trinajstić information content (AvgIpc) is 3.42. The number of thiophene rings is 1. The predicted molar refractivity (Wildman–Crippen MR) is 213 cm³/mol. The molecule has 52 heavy (non-hydrogen) atoms. The van der Waals surface area contributed by atoms with Crippen molar-refractivity contribution in [3.05, 3.63) is 90.6 Å². The molecule has 2 unspecified atom stereocenters. The highest BCUT2D eigenvalue weighted by atomic mass is 35.5. The number of aliphatic imine (C=N–C) groups is 1. The Hall–Kier alpha value is -4.28. The number of methoxy groups -OCH3 is 1. The Morgan fingerprint density at radius 1 is 0.962 bits per heavy atom. The van der Waals surface area contributed by atoms with Crippen molar-refractivity contribution in [2.75, 3.05) is 13.7 Å². The number of carbonyl (C=O) groups excluding carboxylic acids is 4. The topological polar surface area (TPSA) is 127 Å². The standard InChI is InChI=1S/C41H51ClN4O5S/c1-10-14-25(4)45-46-27(6)34(23-35(48)51-9)44-38(31-18-20-32(42)21-19-31)36-26(5)40(52-29(36)8)41(50)43-22-13-16-30-15-12-17-33(28(7)47)37(30)39(49)24(3)11-2/h12,15,17-21,24,34H,10-11,13-14,16,22-23H2,1-9H3,(H,43,50)/b44-38-,45-25-,46-27+. The number of carbonyl (C=O) groups is 4. The maximum Gasteiger partial charge on any atom is 0.308 e. The molecule has 1 amide bonds. The van der Waals surface area contributed by atoms with Crippen LogP contribution < -0.4 is 5.32 Å². The molecule has 0 saturated heterocycles. The third-order valence-electron chi connectivity index (χ3n) is 8.97. The van der Waals surface area contributed by atoms with Crippen LogP contribution in [0.15, 0.2) is 57.7 Å². The number of halogens is 1. The number of ketones is 2. The summed E-state index contributed by atoms with van der Waals surface area (Å²) in [6, 6.07) is 12.0. The van der Waals surface area contributed by atoms with Gasteiger partial charge in [0.05, 0.1) is 29.8 Å². The number of Topliss-reactive ketones (excluding diaryl/α,β-unsaturated/α-hetero) is 2. The molecule has 278 valence electrons. The maximum atomic E-state index is 13.7. The first-order valence-electron chi connectivity index (χ1n) is 17.8. The fourth-order valence-corrected chi connectivity index (χ4v) is 7.03. The van der Waals surface area contributed by atoms with E-state index in [9.17, 15) is 19.2 Å². The largest absolute Gasteiger partial charge is 0.469 e. The number of esters is 1. The second-order valence-corrected chi connectivity index (χ2v) is 14.7. The van der Waals surface area contributed by atoms with Gasteiger partial charge in [-0.2, -0.15) is 10.2 Å². The van der Waals surface area contributed by atoms with Gasteiger partial charge in [0.25, 0.3) is 5.91 Å². The normalized spacial score (nSPS) is 13.5. The summed E-state index contributed by atoms with van der Waals surface area (Å²) in [5.74, 6) is -1.02. The highest BCUT2D eigenvalue weighted by Gasteiger charge is 2.26. The molecule has 3 rings (SSSR count). The fourth-order valence-electron chi connectivity index (χ4n) is 5.82. The zero-order valence-electron chi connectivity index (χ0n) is 31.8. The summed E-state index contributed by atoms with van der Waals surface area (Å²) in [5, 5.41) is 12.4. The number of hydrogen-bond acceptors (Lipinski definition) is 9. The first-order valence-corrected chi connectivity index (χ1v) is 19.0. The van der Waals surface area contributed by atoms with Gasteiger partial charge in [0.15, 0.2) is 11.6 Å². The number of rotatable bonds is 18. The lowest BCUT2D eigenvalue weighted by molar-refractivity contribution is -0.140. The molecule has 2 aromatic carbocycles. The molecule has 3 aromatic rings. The molecular formula is C41H51ClN4O5S. The van der Waals surface area contributed by atoms with Gasteiger partial charge in [0.1, 0.15) is 6.04 Å². The van der Waals surface area contributed by atoms with Crippen molar-refractivity contribution in [2.45, 2.75) is 100.0 Å². The van der Waals surface area contributed by atoms with E-state index in [1.165, 1.54) is 25.4 Å². The summed E-state index contributed by atoms with van der Waals surface area (Å²) in [5.41, 5.74) is 6.10. The number of nitrogens with zero attached hydrogens (tertiary/aromatic N) is 3. The zero-order valence-corrected chi connectivity index (χ0v) is 33.4. The van der Waals surface area contributed by atoms with Crippen molar-refractivity contribution < 1.29 is 23.9 Å². The van der Waals surface area contributed by atoms with E-state index >= 15 is 0 Å². The van der Waals surface area contributed by atoms with E-state index in [0.29, 0.717) is 58.3 Å². The van der Waals surface area contributed by atoms with Crippen LogP contribution in [0.3, 0.4) is 0 Å². The van der Waals surface area contributed by atoms with Crippen molar-refractivity contribution in [2.24, 2.45) is 21.1 Å². The smallest absolute Gasteiger partial charge is 0.308 e. The lowest BCUT2D eigenvalue weighted by atomic mass is 9.87. The molecule has 9 nitrogen and oxygen atoms in total. The third kappa shape index (κ3) is 11.1. The first-order chi connectivity index (χ1) is 24.7. The molecule has 1 N–H and O–H groups in total. The fraction of sp³-hybridized carbons (Fsp3) is 0.439. The number of aryl methyl sites for hydroxylation is 2. The highest BCUT2D eigenvalue weighted by molar-refractivity contribution is 7.14. The maximum absolute atomic E-state index is 13.7. The number of hydrogen-bond donors (Lipinski definition) is 1. The van der Waals surface area contributed by atoms with Crippen LogP contribution in [0.25, 0.3) is 0 Å². The molecule has 1 aromatic heterocycles. The molecule has 0 spiro atoms. The van der Waals surface area contributed by atoms with Crippen LogP contribution >= 0.6 is 22.9 Å². The van der Waals surface area contributed by atoms with Crippen molar-refractivity contribution in [1.82, 2.24) is 5.32 Å². The Balaban J connectivity index is 1.96. The van der Waals surface area contributed by atoms with Crippen molar-refractivity contribution in [3.8, 4) is 0 Å². The van der Waals surface area contributed by atoms with Gasteiger partial charge >= 0.3 is 5.97 Å². The van der Waals surface area contributed by atoms with Gasteiger partial charge in [-0.3, -0.25) is 24.2 Å². The van der Waals surface area contributed by atoms with Crippen LogP contribution in [0.2, 0.25) is 5.02 Å². The van der Waals surface area contributed by atoms with Gasteiger partial charge < -0.3 is 10.1 Å². The van der Waals surface area contributed by atoms with Gasteiger partial charge in [-0.1, -0.05) is 69.1 Å². The van der Waals surface area contributed by atoms with Crippen LogP contribution in [-0.2, 0) is 16.0 Å². The Morgan fingerprint density at radius 3 is 2.27 bits per heavy atom. The summed E-state index contributed by atoms with van der Waals surface area (Å²) >= 11 is 7.63. The van der Waals surface area contributed by atoms with Crippen LogP contribution in [0.5, 0.6) is 0 Å². The quantitative estimate of drug-likeness (QED) is 0.0457. The summed E-state index contributed by atoms with van der Waals surface area (Å²) in [6.45, 7) is 15.3. The zero-order chi connectivity index (χ0) is 38.5. The molecule has 2 atom stereocenters. The Morgan fingerprint density at radius 2 is 1.65 bits per heavy atom. The minimum atomic E-state index is -0.675. The number of nitrogens with one attached hydrogen (secondary N) is 1. The van der Waals surface area contributed by atoms with Crippen molar-refractivity contribution >= 4 is 63.5 Å². The van der Waals surface area contributed by atoms with Gasteiger partial charge in [0.2, 0.25) is 0 Å². The van der Waals surface area contributed by atoms with Gasteiger partial charge in [-0.25, -0.2) is 0 Å². The molecule has 1 heterocycles. The van der Waals surface area contributed by atoms with Crippen LogP contribution in [0, 0.1) is 19.8 Å². The minimum Gasteiger partial charge on any atom is -0.469 e. The minimum absolute atomic E-state index is 0.0302. The van der Waals surface area contributed by atoms with E-state index < -0.39 is 12.0 Å². The van der Waals surface area contributed by atoms with E-state index in [1.807, 2.05) is 52.8 Å². The SMILES string of the molecule is CCC/C(C)=N\N=C(/C)C(CC(=O)OC)/N=C(/c1ccc(Cl)cc1)c1c(C)sc(C(=O)NCCCc2cccc(C(C)=O)c2C(=O)C(C)CC)c1C. The molecule has 0 bridgehead atoms. The summed E-state index contributed by atoms with van der Waals surface area (Å²) in [6.07, 6.45) is 3.50. The molecule has 11 heteroatoms. The molecule has 0 aliphatic heterocycles. The average molecular weight is 747 g/mol. The van der Waals surface area contributed by atoms with Gasteiger partial charge in [0, 0.05) is 50.3 Å². The third-order valence-corrected chi connectivity index (χ3v) is 10.4. The number of benzene rings is 2. The molecule has 0 fully saturated rings.